The summed E-state index contributed by atoms with van der Waals surface area (Å²) in [6.45, 7) is 0. The van der Waals surface area contributed by atoms with Crippen LogP contribution in [0.3, 0.4) is 0 Å². The molecule has 0 saturated heterocycles. The molecule has 0 radical (unpaired) electrons. The predicted molar refractivity (Wildman–Crippen MR) is 224 cm³/mol. The van der Waals surface area contributed by atoms with Crippen LogP contribution in [0.15, 0.2) is 176 Å². The van der Waals surface area contributed by atoms with Crippen molar-refractivity contribution in [2.75, 3.05) is 0 Å². The second kappa shape index (κ2) is 12.3. The van der Waals surface area contributed by atoms with Crippen molar-refractivity contribution < 1.29 is 0 Å². The van der Waals surface area contributed by atoms with E-state index >= 15 is 0 Å². The van der Waals surface area contributed by atoms with Crippen molar-refractivity contribution in [3.63, 3.8) is 0 Å². The minimum Gasteiger partial charge on any atom is -0.276 e. The first-order valence-corrected chi connectivity index (χ1v) is 18.8. The number of aromatic nitrogens is 5. The van der Waals surface area contributed by atoms with E-state index in [9.17, 15) is 0 Å². The van der Waals surface area contributed by atoms with Crippen LogP contribution < -0.4 is 0 Å². The zero-order valence-electron chi connectivity index (χ0n) is 28.9. The van der Waals surface area contributed by atoms with E-state index in [1.807, 2.05) is 24.4 Å². The van der Waals surface area contributed by atoms with Crippen LogP contribution in [-0.2, 0) is 0 Å². The second-order valence-electron chi connectivity index (χ2n) is 13.5. The van der Waals surface area contributed by atoms with Crippen molar-refractivity contribution in [3.05, 3.63) is 176 Å². The molecule has 252 valence electrons. The van der Waals surface area contributed by atoms with Crippen molar-refractivity contribution in [1.29, 1.82) is 0 Å². The number of nitrogens with zero attached hydrogens (tertiary/aromatic N) is 5. The second-order valence-corrected chi connectivity index (χ2v) is 14.5. The summed E-state index contributed by atoms with van der Waals surface area (Å²) < 4.78 is 3.42. The molecule has 0 fully saturated rings. The average Bonchev–Trinajstić information content (AvgIpc) is 3.82. The molecule has 0 atom stereocenters. The minimum atomic E-state index is 0.568. The van der Waals surface area contributed by atoms with Gasteiger partial charge in [-0.2, -0.15) is 9.97 Å². The number of pyridine rings is 1. The van der Waals surface area contributed by atoms with Gasteiger partial charge in [-0.05, 0) is 63.4 Å². The van der Waals surface area contributed by atoms with Crippen molar-refractivity contribution in [2.24, 2.45) is 0 Å². The van der Waals surface area contributed by atoms with Crippen molar-refractivity contribution >= 4 is 64.2 Å². The van der Waals surface area contributed by atoms with E-state index in [0.717, 1.165) is 64.7 Å². The van der Waals surface area contributed by atoms with Crippen LogP contribution in [0.5, 0.6) is 0 Å². The molecule has 0 amide bonds. The van der Waals surface area contributed by atoms with E-state index < -0.39 is 0 Å². The van der Waals surface area contributed by atoms with Gasteiger partial charge >= 0.3 is 0 Å². The maximum Gasteiger partial charge on any atom is 0.238 e. The molecule has 0 aliphatic carbocycles. The molecule has 11 rings (SSSR count). The summed E-state index contributed by atoms with van der Waals surface area (Å²) in [5.74, 6) is 1.79. The zero-order chi connectivity index (χ0) is 35.6. The number of rotatable bonds is 5. The highest BCUT2D eigenvalue weighted by atomic mass is 32.1. The van der Waals surface area contributed by atoms with Gasteiger partial charge in [0.05, 0.1) is 15.7 Å². The standard InChI is InChI=1S/C48H29N5S/c1-3-14-30(15-4-1)32-18-11-20-34(28-32)45-50-46(35-21-12-19-33(29-35)31-16-5-2-6-17-31)52-48(51-45)53-40-26-10-9-24-38(40)41-36-22-7-8-23-37(36)42-39-25-13-27-49-47(39)54-44(42)43(41)53/h1-29H. The molecule has 0 bridgehead atoms. The normalized spacial score (nSPS) is 11.7. The molecule has 4 aromatic heterocycles. The lowest BCUT2D eigenvalue weighted by Crippen LogP contribution is -2.06. The molecule has 54 heavy (non-hydrogen) atoms. The van der Waals surface area contributed by atoms with E-state index in [-0.39, 0.29) is 0 Å². The lowest BCUT2D eigenvalue weighted by molar-refractivity contribution is 0.955. The van der Waals surface area contributed by atoms with E-state index in [4.69, 9.17) is 19.9 Å². The lowest BCUT2D eigenvalue weighted by Gasteiger charge is -2.13. The number of para-hydroxylation sites is 1. The Labute approximate surface area is 314 Å². The van der Waals surface area contributed by atoms with Gasteiger partial charge in [-0.3, -0.25) is 4.57 Å². The summed E-state index contributed by atoms with van der Waals surface area (Å²) >= 11 is 1.73. The lowest BCUT2D eigenvalue weighted by atomic mass is 9.99. The van der Waals surface area contributed by atoms with Gasteiger partial charge in [0, 0.05) is 38.9 Å². The quantitative estimate of drug-likeness (QED) is 0.179. The summed E-state index contributed by atoms with van der Waals surface area (Å²) in [5.41, 5.74) is 8.43. The van der Waals surface area contributed by atoms with Crippen LogP contribution in [0.4, 0.5) is 0 Å². The molecule has 11 aromatic rings. The Morgan fingerprint density at radius 3 is 1.57 bits per heavy atom. The van der Waals surface area contributed by atoms with Crippen molar-refractivity contribution in [3.8, 4) is 51.0 Å². The van der Waals surface area contributed by atoms with E-state index in [1.165, 1.54) is 21.5 Å². The van der Waals surface area contributed by atoms with Crippen LogP contribution in [0, 0.1) is 0 Å². The highest BCUT2D eigenvalue weighted by Crippen LogP contribution is 2.47. The summed E-state index contributed by atoms with van der Waals surface area (Å²) in [5, 5.41) is 7.10. The van der Waals surface area contributed by atoms with Crippen LogP contribution in [0.1, 0.15) is 0 Å². The molecular weight excluding hydrogens is 679 g/mol. The van der Waals surface area contributed by atoms with Gasteiger partial charge < -0.3 is 0 Å². The van der Waals surface area contributed by atoms with Gasteiger partial charge in [0.15, 0.2) is 11.6 Å². The van der Waals surface area contributed by atoms with Crippen molar-refractivity contribution in [2.45, 2.75) is 0 Å². The first-order chi connectivity index (χ1) is 26.8. The van der Waals surface area contributed by atoms with Gasteiger partial charge in [0.25, 0.3) is 0 Å². The monoisotopic (exact) mass is 707 g/mol. The molecule has 0 N–H and O–H groups in total. The molecular formula is C48H29N5S. The van der Waals surface area contributed by atoms with E-state index in [0.29, 0.717) is 17.6 Å². The molecule has 0 unspecified atom stereocenters. The Bertz CT molecular complexity index is 3120. The van der Waals surface area contributed by atoms with Crippen LogP contribution >= 0.6 is 11.3 Å². The largest absolute Gasteiger partial charge is 0.276 e. The summed E-state index contributed by atoms with van der Waals surface area (Å²) in [7, 11) is 0. The summed E-state index contributed by atoms with van der Waals surface area (Å²) in [6, 6.07) is 59.4. The third-order valence-electron chi connectivity index (χ3n) is 10.3. The van der Waals surface area contributed by atoms with Crippen LogP contribution in [0.2, 0.25) is 0 Å². The van der Waals surface area contributed by atoms with Crippen molar-refractivity contribution in [1.82, 2.24) is 24.5 Å². The molecule has 7 aromatic carbocycles. The topological polar surface area (TPSA) is 56.5 Å². The Kier molecular flexibility index (Phi) is 6.97. The van der Waals surface area contributed by atoms with Gasteiger partial charge in [0.2, 0.25) is 5.95 Å². The predicted octanol–water partition coefficient (Wildman–Crippen LogP) is 12.6. The molecule has 0 spiro atoms. The molecule has 6 heteroatoms. The Hall–Kier alpha value is -7.02. The summed E-state index contributed by atoms with van der Waals surface area (Å²) in [4.78, 5) is 21.8. The smallest absolute Gasteiger partial charge is 0.238 e. The third-order valence-corrected chi connectivity index (χ3v) is 11.4. The minimum absolute atomic E-state index is 0.568. The highest BCUT2D eigenvalue weighted by Gasteiger charge is 2.24. The molecule has 0 aliphatic heterocycles. The number of benzene rings is 7. The van der Waals surface area contributed by atoms with Crippen LogP contribution in [-0.4, -0.2) is 24.5 Å². The number of hydrogen-bond acceptors (Lipinski definition) is 5. The zero-order valence-corrected chi connectivity index (χ0v) is 29.7. The Morgan fingerprint density at radius 2 is 0.926 bits per heavy atom. The first kappa shape index (κ1) is 30.6. The van der Waals surface area contributed by atoms with Gasteiger partial charge in [-0.25, -0.2) is 9.97 Å². The van der Waals surface area contributed by atoms with Crippen LogP contribution in [0.25, 0.3) is 104 Å². The SMILES string of the molecule is c1ccc(-c2cccc(-c3nc(-c4cccc(-c5ccccc5)c4)nc(-n4c5ccccc5c5c6ccccc6c6c7cccnc7sc6c54)n3)c2)cc1. The average molecular weight is 708 g/mol. The maximum absolute atomic E-state index is 5.36. The van der Waals surface area contributed by atoms with Gasteiger partial charge in [0.1, 0.15) is 4.83 Å². The third kappa shape index (κ3) is 4.85. The molecule has 4 heterocycles. The number of hydrogen-bond donors (Lipinski definition) is 0. The van der Waals surface area contributed by atoms with Gasteiger partial charge in [-0.15, -0.1) is 11.3 Å². The molecule has 5 nitrogen and oxygen atoms in total. The fourth-order valence-electron chi connectivity index (χ4n) is 7.88. The Balaban J connectivity index is 1.25. The van der Waals surface area contributed by atoms with E-state index in [1.54, 1.807) is 11.3 Å². The first-order valence-electron chi connectivity index (χ1n) is 18.0. The summed E-state index contributed by atoms with van der Waals surface area (Å²) in [6.07, 6.45) is 1.88. The Morgan fingerprint density at radius 1 is 0.407 bits per heavy atom. The number of fused-ring (bicyclic) bond motifs is 10. The fourth-order valence-corrected chi connectivity index (χ4v) is 9.08. The maximum atomic E-state index is 5.36. The molecule has 0 saturated carbocycles. The molecule has 0 aliphatic rings. The number of thiophene rings is 1. The fraction of sp³-hybridized carbons (Fsp3) is 0. The highest BCUT2D eigenvalue weighted by molar-refractivity contribution is 7.26. The van der Waals surface area contributed by atoms with E-state index in [2.05, 4.69) is 156 Å². The van der Waals surface area contributed by atoms with Gasteiger partial charge in [-0.1, -0.05) is 140 Å².